The first-order chi connectivity index (χ1) is 14.1. The van der Waals surface area contributed by atoms with Gasteiger partial charge in [0.15, 0.2) is 0 Å². The highest BCUT2D eigenvalue weighted by atomic mass is 32.2. The lowest BCUT2D eigenvalue weighted by Gasteiger charge is -2.35. The molecular weight excluding hydrogens is 390 g/mol. The summed E-state index contributed by atoms with van der Waals surface area (Å²) < 4.78 is 32.9. The van der Waals surface area contributed by atoms with Crippen molar-refractivity contribution in [3.8, 4) is 5.75 Å². The molecule has 2 saturated heterocycles. The predicted octanol–water partition coefficient (Wildman–Crippen LogP) is 1.99. The first kappa shape index (κ1) is 19.9. The molecule has 2 aromatic rings. The normalized spacial score (nSPS) is 18.7. The molecule has 2 aliphatic rings. The van der Waals surface area contributed by atoms with E-state index >= 15 is 0 Å². The molecule has 0 atom stereocenters. The molecule has 1 aromatic carbocycles. The van der Waals surface area contributed by atoms with E-state index in [0.717, 1.165) is 24.9 Å². The first-order valence-electron chi connectivity index (χ1n) is 10.1. The summed E-state index contributed by atoms with van der Waals surface area (Å²) in [5, 5.41) is 0. The number of rotatable bonds is 5. The van der Waals surface area contributed by atoms with Gasteiger partial charge in [0.1, 0.15) is 16.5 Å². The highest BCUT2D eigenvalue weighted by molar-refractivity contribution is 7.89. The lowest BCUT2D eigenvalue weighted by atomic mass is 10.1. The fourth-order valence-electron chi connectivity index (χ4n) is 3.89. The van der Waals surface area contributed by atoms with E-state index in [1.165, 1.54) is 30.7 Å². The molecule has 3 heterocycles. The Bertz CT molecular complexity index is 939. The molecule has 2 fully saturated rings. The van der Waals surface area contributed by atoms with Crippen molar-refractivity contribution in [1.29, 1.82) is 0 Å². The van der Waals surface area contributed by atoms with E-state index in [-0.39, 0.29) is 4.90 Å². The zero-order valence-electron chi connectivity index (χ0n) is 16.7. The van der Waals surface area contributed by atoms with Crippen LogP contribution in [-0.4, -0.2) is 69.1 Å². The number of para-hydroxylation sites is 1. The van der Waals surface area contributed by atoms with Gasteiger partial charge in [0.25, 0.3) is 0 Å². The van der Waals surface area contributed by atoms with E-state index in [0.29, 0.717) is 31.9 Å². The number of piperazine rings is 1. The van der Waals surface area contributed by atoms with Gasteiger partial charge in [-0.1, -0.05) is 12.1 Å². The molecule has 0 bridgehead atoms. The quantitative estimate of drug-likeness (QED) is 0.736. The van der Waals surface area contributed by atoms with Crippen molar-refractivity contribution >= 4 is 21.8 Å². The van der Waals surface area contributed by atoms with Crippen LogP contribution in [0.5, 0.6) is 5.75 Å². The summed E-state index contributed by atoms with van der Waals surface area (Å²) in [7, 11) is -2.11. The molecule has 4 rings (SSSR count). The second-order valence-electron chi connectivity index (χ2n) is 7.30. The maximum absolute atomic E-state index is 13.1. The van der Waals surface area contributed by atoms with Crippen molar-refractivity contribution in [1.82, 2.24) is 14.3 Å². The van der Waals surface area contributed by atoms with Gasteiger partial charge in [-0.05, 0) is 37.5 Å². The molecule has 0 aliphatic carbocycles. The Labute approximate surface area is 172 Å². The third kappa shape index (κ3) is 4.16. The van der Waals surface area contributed by atoms with Crippen molar-refractivity contribution in [2.24, 2.45) is 0 Å². The van der Waals surface area contributed by atoms with Crippen molar-refractivity contribution in [3.05, 3.63) is 36.5 Å². The van der Waals surface area contributed by atoms with Gasteiger partial charge in [-0.25, -0.2) is 13.4 Å². The summed E-state index contributed by atoms with van der Waals surface area (Å²) in [4.78, 5) is 13.8. The summed E-state index contributed by atoms with van der Waals surface area (Å²) in [5.74, 6) is 2.00. The summed E-state index contributed by atoms with van der Waals surface area (Å²) in [5.41, 5.74) is 0. The molecule has 0 N–H and O–H groups in total. The van der Waals surface area contributed by atoms with Crippen LogP contribution in [-0.2, 0) is 10.0 Å². The number of anilines is 2. The fourth-order valence-corrected chi connectivity index (χ4v) is 5.47. The summed E-state index contributed by atoms with van der Waals surface area (Å²) in [6, 6.07) is 8.65. The molecule has 29 heavy (non-hydrogen) atoms. The highest BCUT2D eigenvalue weighted by Crippen LogP contribution is 2.27. The molecular formula is C20H27N5O3S. The number of methoxy groups -OCH3 is 1. The summed E-state index contributed by atoms with van der Waals surface area (Å²) >= 11 is 0. The Morgan fingerprint density at radius 3 is 2.34 bits per heavy atom. The molecule has 9 heteroatoms. The van der Waals surface area contributed by atoms with E-state index in [4.69, 9.17) is 9.72 Å². The van der Waals surface area contributed by atoms with Crippen LogP contribution < -0.4 is 14.5 Å². The molecule has 2 aliphatic heterocycles. The number of aromatic nitrogens is 2. The predicted molar refractivity (Wildman–Crippen MR) is 112 cm³/mol. The van der Waals surface area contributed by atoms with Gasteiger partial charge in [-0.3, -0.25) is 0 Å². The maximum atomic E-state index is 13.1. The van der Waals surface area contributed by atoms with Crippen LogP contribution in [0.1, 0.15) is 19.3 Å². The summed E-state index contributed by atoms with van der Waals surface area (Å²) in [6.45, 7) is 3.98. The van der Waals surface area contributed by atoms with Crippen LogP contribution in [0.3, 0.4) is 0 Å². The summed E-state index contributed by atoms with van der Waals surface area (Å²) in [6.07, 6.45) is 5.41. The number of ether oxygens (including phenoxy) is 1. The number of nitrogens with zero attached hydrogens (tertiary/aromatic N) is 5. The molecule has 8 nitrogen and oxygen atoms in total. The van der Waals surface area contributed by atoms with Gasteiger partial charge < -0.3 is 14.5 Å². The average molecular weight is 418 g/mol. The topological polar surface area (TPSA) is 78.9 Å². The van der Waals surface area contributed by atoms with Crippen LogP contribution in [0.2, 0.25) is 0 Å². The second-order valence-corrected chi connectivity index (χ2v) is 9.21. The minimum Gasteiger partial charge on any atom is -0.495 e. The van der Waals surface area contributed by atoms with Gasteiger partial charge in [-0.2, -0.15) is 9.29 Å². The third-order valence-corrected chi connectivity index (χ3v) is 7.45. The third-order valence-electron chi connectivity index (χ3n) is 5.52. The Kier molecular flexibility index (Phi) is 5.86. The Morgan fingerprint density at radius 1 is 0.897 bits per heavy atom. The van der Waals surface area contributed by atoms with Crippen molar-refractivity contribution in [2.45, 2.75) is 24.2 Å². The highest BCUT2D eigenvalue weighted by Gasteiger charge is 2.31. The molecule has 0 saturated carbocycles. The smallest absolute Gasteiger partial charge is 0.246 e. The van der Waals surface area contributed by atoms with E-state index in [1.807, 2.05) is 6.07 Å². The van der Waals surface area contributed by atoms with Crippen LogP contribution >= 0.6 is 0 Å². The largest absolute Gasteiger partial charge is 0.495 e. The van der Waals surface area contributed by atoms with Gasteiger partial charge in [-0.15, -0.1) is 0 Å². The molecule has 0 amide bonds. The molecule has 0 unspecified atom stereocenters. The molecule has 0 spiro atoms. The van der Waals surface area contributed by atoms with Crippen LogP contribution in [0.15, 0.2) is 41.4 Å². The zero-order chi connectivity index (χ0) is 20.3. The van der Waals surface area contributed by atoms with E-state index in [1.54, 1.807) is 30.5 Å². The number of sulfonamides is 1. The van der Waals surface area contributed by atoms with Crippen molar-refractivity contribution in [3.63, 3.8) is 0 Å². The number of benzene rings is 1. The van der Waals surface area contributed by atoms with Crippen LogP contribution in [0.25, 0.3) is 0 Å². The average Bonchev–Trinajstić information content (AvgIpc) is 2.80. The number of piperidine rings is 1. The van der Waals surface area contributed by atoms with Crippen molar-refractivity contribution < 1.29 is 13.2 Å². The van der Waals surface area contributed by atoms with Crippen LogP contribution in [0, 0.1) is 0 Å². The first-order valence-corrected chi connectivity index (χ1v) is 11.5. The van der Waals surface area contributed by atoms with Gasteiger partial charge >= 0.3 is 0 Å². The number of hydrogen-bond acceptors (Lipinski definition) is 7. The second kappa shape index (κ2) is 8.54. The van der Waals surface area contributed by atoms with E-state index in [2.05, 4.69) is 14.8 Å². The van der Waals surface area contributed by atoms with Crippen LogP contribution in [0.4, 0.5) is 11.8 Å². The minimum atomic E-state index is -3.60. The lowest BCUT2D eigenvalue weighted by molar-refractivity contribution is 0.373. The SMILES string of the molecule is COc1ccccc1S(=O)(=O)N1CCN(c2ccnc(N3CCCCC3)n2)CC1. The monoisotopic (exact) mass is 417 g/mol. The zero-order valence-corrected chi connectivity index (χ0v) is 17.5. The van der Waals surface area contributed by atoms with E-state index in [9.17, 15) is 8.42 Å². The van der Waals surface area contributed by atoms with Gasteiger partial charge in [0, 0.05) is 45.5 Å². The lowest BCUT2D eigenvalue weighted by Crippen LogP contribution is -2.49. The van der Waals surface area contributed by atoms with Gasteiger partial charge in [0.05, 0.1) is 7.11 Å². The minimum absolute atomic E-state index is 0.213. The van der Waals surface area contributed by atoms with Crippen molar-refractivity contribution in [2.75, 3.05) is 56.2 Å². The molecule has 156 valence electrons. The number of hydrogen-bond donors (Lipinski definition) is 0. The molecule has 0 radical (unpaired) electrons. The van der Waals surface area contributed by atoms with Gasteiger partial charge in [0.2, 0.25) is 16.0 Å². The fraction of sp³-hybridized carbons (Fsp3) is 0.500. The Balaban J connectivity index is 1.46. The Morgan fingerprint density at radius 2 is 1.62 bits per heavy atom. The maximum Gasteiger partial charge on any atom is 0.246 e. The van der Waals surface area contributed by atoms with E-state index < -0.39 is 10.0 Å². The standard InChI is InChI=1S/C20H27N5O3S/c1-28-17-7-3-4-8-18(17)29(26,27)25-15-13-23(14-16-25)19-9-10-21-20(22-19)24-11-5-2-6-12-24/h3-4,7-10H,2,5-6,11-16H2,1H3. The Hall–Kier alpha value is -2.39. The molecule has 1 aromatic heterocycles.